The average Bonchev–Trinajstić information content (AvgIpc) is 3.28. The summed E-state index contributed by atoms with van der Waals surface area (Å²) in [5.41, 5.74) is 1.90. The van der Waals surface area contributed by atoms with Crippen LogP contribution in [0.15, 0.2) is 83.8 Å². The van der Waals surface area contributed by atoms with Crippen molar-refractivity contribution in [1.29, 1.82) is 0 Å². The van der Waals surface area contributed by atoms with Crippen molar-refractivity contribution in [2.24, 2.45) is 0 Å². The fourth-order valence-electron chi connectivity index (χ4n) is 4.44. The van der Waals surface area contributed by atoms with E-state index in [1.807, 2.05) is 55.5 Å². The number of hydrogen-bond acceptors (Lipinski definition) is 7. The predicted octanol–water partition coefficient (Wildman–Crippen LogP) is 7.97. The molecule has 4 aromatic rings. The first-order chi connectivity index (χ1) is 21.2. The van der Waals surface area contributed by atoms with Gasteiger partial charge in [-0.05, 0) is 77.0 Å². The van der Waals surface area contributed by atoms with Crippen molar-refractivity contribution < 1.29 is 28.7 Å². The molecule has 4 aromatic carbocycles. The zero-order chi connectivity index (χ0) is 31.2. The smallest absolute Gasteiger partial charge is 0.339 e. The summed E-state index contributed by atoms with van der Waals surface area (Å²) < 4.78 is 11.3. The first-order valence-corrected chi connectivity index (χ1v) is 15.2. The summed E-state index contributed by atoms with van der Waals surface area (Å²) >= 11 is 12.9. The molecule has 1 aliphatic rings. The summed E-state index contributed by atoms with van der Waals surface area (Å²) in [4.78, 5) is 52.4. The van der Waals surface area contributed by atoms with E-state index in [-0.39, 0.29) is 34.4 Å². The van der Waals surface area contributed by atoms with E-state index in [9.17, 15) is 19.2 Å². The largest absolute Gasteiger partial charge is 0.488 e. The molecule has 224 valence electrons. The molecule has 5 rings (SSSR count). The summed E-state index contributed by atoms with van der Waals surface area (Å²) in [6.07, 6.45) is 2.26. The number of hydrogen-bond donors (Lipinski definition) is 1. The van der Waals surface area contributed by atoms with Gasteiger partial charge in [0.1, 0.15) is 18.9 Å². The Morgan fingerprint density at radius 3 is 2.52 bits per heavy atom. The third kappa shape index (κ3) is 7.24. The monoisotopic (exact) mass is 648 g/mol. The van der Waals surface area contributed by atoms with Gasteiger partial charge in [0.05, 0.1) is 22.1 Å². The van der Waals surface area contributed by atoms with Crippen molar-refractivity contribution in [2.75, 3.05) is 18.5 Å². The van der Waals surface area contributed by atoms with Gasteiger partial charge in [0.15, 0.2) is 0 Å². The zero-order valence-electron chi connectivity index (χ0n) is 23.5. The van der Waals surface area contributed by atoms with Crippen LogP contribution in [0, 0.1) is 0 Å². The van der Waals surface area contributed by atoms with E-state index in [0.29, 0.717) is 22.8 Å². The highest BCUT2D eigenvalue weighted by atomic mass is 35.5. The predicted molar refractivity (Wildman–Crippen MR) is 173 cm³/mol. The molecule has 0 atom stereocenters. The lowest BCUT2D eigenvalue weighted by Crippen LogP contribution is -2.36. The second-order valence-electron chi connectivity index (χ2n) is 9.76. The number of halogens is 2. The van der Waals surface area contributed by atoms with Gasteiger partial charge in [0, 0.05) is 16.3 Å². The van der Waals surface area contributed by atoms with E-state index in [1.165, 1.54) is 18.2 Å². The van der Waals surface area contributed by atoms with Crippen molar-refractivity contribution in [1.82, 2.24) is 4.90 Å². The van der Waals surface area contributed by atoms with Gasteiger partial charge in [-0.1, -0.05) is 72.6 Å². The van der Waals surface area contributed by atoms with E-state index in [4.69, 9.17) is 32.7 Å². The van der Waals surface area contributed by atoms with E-state index in [2.05, 4.69) is 5.32 Å². The number of benzene rings is 4. The van der Waals surface area contributed by atoms with Gasteiger partial charge < -0.3 is 14.8 Å². The molecule has 1 heterocycles. The minimum Gasteiger partial charge on any atom is -0.488 e. The average molecular weight is 650 g/mol. The molecule has 8 nitrogen and oxygen atoms in total. The van der Waals surface area contributed by atoms with Gasteiger partial charge >= 0.3 is 5.97 Å². The summed E-state index contributed by atoms with van der Waals surface area (Å²) in [6, 6.07) is 23.0. The summed E-state index contributed by atoms with van der Waals surface area (Å²) in [5.74, 6) is -1.32. The van der Waals surface area contributed by atoms with E-state index in [0.717, 1.165) is 33.0 Å². The van der Waals surface area contributed by atoms with E-state index in [1.54, 1.807) is 18.2 Å². The third-order valence-corrected chi connectivity index (χ3v) is 8.09. The number of imide groups is 1. The number of rotatable bonds is 10. The molecular formula is C33H26Cl2N2O6S. The van der Waals surface area contributed by atoms with Gasteiger partial charge in [-0.3, -0.25) is 19.3 Å². The second-order valence-corrected chi connectivity index (χ2v) is 11.6. The van der Waals surface area contributed by atoms with Crippen LogP contribution in [0.4, 0.5) is 10.5 Å². The van der Waals surface area contributed by atoms with Crippen LogP contribution in [0.3, 0.4) is 0 Å². The Hall–Kier alpha value is -4.31. The molecule has 1 aliphatic heterocycles. The summed E-state index contributed by atoms with van der Waals surface area (Å²) in [7, 11) is 0. The topological polar surface area (TPSA) is 102 Å². The molecule has 3 amide bonds. The van der Waals surface area contributed by atoms with Crippen LogP contribution in [0.2, 0.25) is 10.0 Å². The van der Waals surface area contributed by atoms with Crippen LogP contribution in [0.25, 0.3) is 16.8 Å². The van der Waals surface area contributed by atoms with E-state index >= 15 is 0 Å². The lowest BCUT2D eigenvalue weighted by Gasteiger charge is -2.14. The number of nitrogens with one attached hydrogen (secondary N) is 1. The highest BCUT2D eigenvalue weighted by molar-refractivity contribution is 8.18. The first-order valence-electron chi connectivity index (χ1n) is 13.6. The van der Waals surface area contributed by atoms with Gasteiger partial charge in [-0.25, -0.2) is 4.79 Å². The van der Waals surface area contributed by atoms with Gasteiger partial charge in [-0.2, -0.15) is 0 Å². The van der Waals surface area contributed by atoms with Gasteiger partial charge in [-0.15, -0.1) is 0 Å². The maximum absolute atomic E-state index is 13.4. The number of fused-ring (bicyclic) bond motifs is 1. The van der Waals surface area contributed by atoms with Crippen molar-refractivity contribution in [3.63, 3.8) is 0 Å². The Kier molecular flexibility index (Phi) is 9.89. The Balaban J connectivity index is 1.34. The number of amides is 3. The minimum absolute atomic E-state index is 0.0937. The molecule has 0 saturated carbocycles. The number of carbonyl (C=O) groups excluding carboxylic acids is 4. The lowest BCUT2D eigenvalue weighted by atomic mass is 10.0. The second kappa shape index (κ2) is 14.0. The summed E-state index contributed by atoms with van der Waals surface area (Å²) in [5, 5.41) is 4.58. The molecule has 1 N–H and O–H groups in total. The lowest BCUT2D eigenvalue weighted by molar-refractivity contribution is -0.127. The summed E-state index contributed by atoms with van der Waals surface area (Å²) in [6.45, 7) is 1.84. The van der Waals surface area contributed by atoms with E-state index < -0.39 is 29.6 Å². The van der Waals surface area contributed by atoms with Crippen LogP contribution >= 0.6 is 35.0 Å². The van der Waals surface area contributed by atoms with Crippen LogP contribution in [-0.4, -0.2) is 41.1 Å². The standard InChI is InChI=1S/C33H26Cl2N2O6S/c1-2-15-42-32(40)26-16-23(12-13-27(26)35)36-30(38)18-37-31(39)29(44-33(37)41)17-25-24-6-4-3-5-21(24)9-14-28(25)43-19-20-7-10-22(34)11-8-20/h3-14,16-17H,2,15,18-19H2,1H3,(H,36,38)/b29-17+. The Morgan fingerprint density at radius 1 is 0.977 bits per heavy atom. The Bertz CT molecular complexity index is 1790. The zero-order valence-corrected chi connectivity index (χ0v) is 25.8. The highest BCUT2D eigenvalue weighted by Gasteiger charge is 2.36. The fourth-order valence-corrected chi connectivity index (χ4v) is 5.58. The molecule has 0 aromatic heterocycles. The fraction of sp³-hybridized carbons (Fsp3) is 0.152. The maximum Gasteiger partial charge on any atom is 0.339 e. The number of ether oxygens (including phenoxy) is 2. The SMILES string of the molecule is CCCOC(=O)c1cc(NC(=O)CN2C(=O)S/C(=C/c3c(OCc4ccc(Cl)cc4)ccc4ccccc34)C2=O)ccc1Cl. The number of carbonyl (C=O) groups is 4. The molecular weight excluding hydrogens is 623 g/mol. The first kappa shape index (κ1) is 31.1. The Morgan fingerprint density at radius 2 is 1.75 bits per heavy atom. The van der Waals surface area contributed by atoms with Crippen LogP contribution in [0.1, 0.15) is 34.8 Å². The highest BCUT2D eigenvalue weighted by Crippen LogP contribution is 2.37. The Labute approximate surface area is 267 Å². The minimum atomic E-state index is -0.624. The normalized spacial score (nSPS) is 13.9. The third-order valence-electron chi connectivity index (χ3n) is 6.60. The van der Waals surface area contributed by atoms with Crippen molar-refractivity contribution in [2.45, 2.75) is 20.0 Å². The molecule has 0 unspecified atom stereocenters. The molecule has 1 fully saturated rings. The van der Waals surface area contributed by atoms with Gasteiger partial charge in [0.2, 0.25) is 5.91 Å². The molecule has 0 spiro atoms. The maximum atomic E-state index is 13.4. The molecule has 1 saturated heterocycles. The molecule has 0 bridgehead atoms. The van der Waals surface area contributed by atoms with Crippen molar-refractivity contribution >= 4 is 80.5 Å². The van der Waals surface area contributed by atoms with Crippen LogP contribution in [-0.2, 0) is 20.9 Å². The number of esters is 1. The van der Waals surface area contributed by atoms with Crippen molar-refractivity contribution in [3.05, 3.63) is 111 Å². The van der Waals surface area contributed by atoms with Gasteiger partial charge in [0.25, 0.3) is 11.1 Å². The molecule has 0 aliphatic carbocycles. The molecule has 0 radical (unpaired) electrons. The number of nitrogens with zero attached hydrogens (tertiary/aromatic N) is 1. The quantitative estimate of drug-likeness (QED) is 0.137. The molecule has 44 heavy (non-hydrogen) atoms. The van der Waals surface area contributed by atoms with Crippen LogP contribution < -0.4 is 10.1 Å². The number of thioether (sulfide) groups is 1. The van der Waals surface area contributed by atoms with Crippen LogP contribution in [0.5, 0.6) is 5.75 Å². The number of anilines is 1. The van der Waals surface area contributed by atoms with Crippen molar-refractivity contribution in [3.8, 4) is 5.75 Å². The molecule has 11 heteroatoms.